The molecule has 2 rings (SSSR count). The van der Waals surface area contributed by atoms with E-state index in [1.165, 1.54) is 11.6 Å². The summed E-state index contributed by atoms with van der Waals surface area (Å²) in [5.74, 6) is 0.410. The van der Waals surface area contributed by atoms with Crippen LogP contribution in [0.25, 0.3) is 11.1 Å². The Morgan fingerprint density at radius 3 is 2.44 bits per heavy atom. The summed E-state index contributed by atoms with van der Waals surface area (Å²) in [6, 6.07) is 14.8. The van der Waals surface area contributed by atoms with Gasteiger partial charge in [-0.2, -0.15) is 0 Å². The molecule has 0 heterocycles. The van der Waals surface area contributed by atoms with Crippen LogP contribution in [0, 0.1) is 10.1 Å². The third kappa shape index (κ3) is 2.40. The molecule has 0 radical (unpaired) electrons. The molecule has 0 bridgehead atoms. The Kier molecular flexibility index (Phi) is 3.42. The van der Waals surface area contributed by atoms with Crippen LogP contribution >= 0.6 is 0 Å². The molecule has 0 N–H and O–H groups in total. The first-order valence-corrected chi connectivity index (χ1v) is 5.93. The Hall–Kier alpha value is -2.16. The van der Waals surface area contributed by atoms with Crippen LogP contribution in [0.15, 0.2) is 48.5 Å². The number of hydrogen-bond acceptors (Lipinski definition) is 2. The maximum absolute atomic E-state index is 11.0. The van der Waals surface area contributed by atoms with E-state index in [0.717, 1.165) is 5.56 Å². The number of nitro groups is 1. The lowest BCUT2D eigenvalue weighted by atomic mass is 9.97. The van der Waals surface area contributed by atoms with Gasteiger partial charge in [-0.25, -0.2) is 0 Å². The normalized spacial score (nSPS) is 10.6. The zero-order chi connectivity index (χ0) is 13.1. The highest BCUT2D eigenvalue weighted by Crippen LogP contribution is 2.31. The summed E-state index contributed by atoms with van der Waals surface area (Å²) in [6.45, 7) is 4.22. The van der Waals surface area contributed by atoms with Gasteiger partial charge in [-0.1, -0.05) is 50.2 Å². The molecule has 0 aliphatic heterocycles. The van der Waals surface area contributed by atoms with Crippen molar-refractivity contribution in [2.45, 2.75) is 19.8 Å². The van der Waals surface area contributed by atoms with Crippen LogP contribution < -0.4 is 0 Å². The Balaban J connectivity index is 2.55. The molecule has 0 spiro atoms. The van der Waals surface area contributed by atoms with Gasteiger partial charge < -0.3 is 0 Å². The molecule has 0 saturated heterocycles. The van der Waals surface area contributed by atoms with Crippen molar-refractivity contribution in [2.24, 2.45) is 0 Å². The quantitative estimate of drug-likeness (QED) is 0.591. The zero-order valence-electron chi connectivity index (χ0n) is 10.5. The van der Waals surface area contributed by atoms with Crippen LogP contribution in [0.3, 0.4) is 0 Å². The van der Waals surface area contributed by atoms with Crippen molar-refractivity contribution in [1.82, 2.24) is 0 Å². The standard InChI is InChI=1S/C15H15NO2/c1-11(2)12-6-5-7-13(10-12)14-8-3-4-9-15(14)16(17)18/h3-11H,1-2H3. The van der Waals surface area contributed by atoms with Crippen molar-refractivity contribution >= 4 is 5.69 Å². The predicted molar refractivity (Wildman–Crippen MR) is 72.6 cm³/mol. The topological polar surface area (TPSA) is 43.1 Å². The molecule has 0 amide bonds. The van der Waals surface area contributed by atoms with Crippen LogP contribution in [0.5, 0.6) is 0 Å². The van der Waals surface area contributed by atoms with Crippen LogP contribution in [-0.2, 0) is 0 Å². The molecule has 3 nitrogen and oxygen atoms in total. The minimum atomic E-state index is -0.336. The Labute approximate surface area is 106 Å². The highest BCUT2D eigenvalue weighted by Gasteiger charge is 2.14. The SMILES string of the molecule is CC(C)c1cccc(-c2ccccc2[N+](=O)[O-])c1. The van der Waals surface area contributed by atoms with Gasteiger partial charge in [0.05, 0.1) is 10.5 Å². The van der Waals surface area contributed by atoms with Crippen LogP contribution in [0.1, 0.15) is 25.3 Å². The van der Waals surface area contributed by atoms with Crippen molar-refractivity contribution in [2.75, 3.05) is 0 Å². The second-order valence-electron chi connectivity index (χ2n) is 4.55. The summed E-state index contributed by atoms with van der Waals surface area (Å²) in [7, 11) is 0. The smallest absolute Gasteiger partial charge is 0.258 e. The van der Waals surface area contributed by atoms with Gasteiger partial charge >= 0.3 is 0 Å². The summed E-state index contributed by atoms with van der Waals surface area (Å²) in [4.78, 5) is 10.7. The average Bonchev–Trinajstić information content (AvgIpc) is 2.39. The molecule has 0 saturated carbocycles. The molecule has 2 aromatic carbocycles. The molecule has 0 unspecified atom stereocenters. The predicted octanol–water partition coefficient (Wildman–Crippen LogP) is 4.39. The van der Waals surface area contributed by atoms with E-state index in [1.54, 1.807) is 12.1 Å². The van der Waals surface area contributed by atoms with Crippen LogP contribution in [0.4, 0.5) is 5.69 Å². The number of rotatable bonds is 3. The number of nitrogens with zero attached hydrogens (tertiary/aromatic N) is 1. The van der Waals surface area contributed by atoms with Crippen LogP contribution in [-0.4, -0.2) is 4.92 Å². The van der Waals surface area contributed by atoms with Gasteiger partial charge in [-0.15, -0.1) is 0 Å². The summed E-state index contributed by atoms with van der Waals surface area (Å²) in [5, 5.41) is 11.0. The van der Waals surface area contributed by atoms with E-state index in [4.69, 9.17) is 0 Å². The van der Waals surface area contributed by atoms with Gasteiger partial charge in [-0.3, -0.25) is 10.1 Å². The molecular weight excluding hydrogens is 226 g/mol. The highest BCUT2D eigenvalue weighted by molar-refractivity contribution is 5.73. The monoisotopic (exact) mass is 241 g/mol. The fraction of sp³-hybridized carbons (Fsp3) is 0.200. The summed E-state index contributed by atoms with van der Waals surface area (Å²) < 4.78 is 0. The lowest BCUT2D eigenvalue weighted by Crippen LogP contribution is -1.93. The van der Waals surface area contributed by atoms with E-state index < -0.39 is 0 Å². The molecule has 0 aliphatic carbocycles. The first-order chi connectivity index (χ1) is 8.59. The first kappa shape index (κ1) is 12.3. The summed E-state index contributed by atoms with van der Waals surface area (Å²) in [5.41, 5.74) is 2.91. The van der Waals surface area contributed by atoms with E-state index in [1.807, 2.05) is 30.3 Å². The molecule has 0 aliphatic rings. The molecular formula is C15H15NO2. The van der Waals surface area contributed by atoms with Gasteiger partial charge in [0.15, 0.2) is 0 Å². The molecule has 0 fully saturated rings. The van der Waals surface area contributed by atoms with Crippen molar-refractivity contribution < 1.29 is 4.92 Å². The van der Waals surface area contributed by atoms with E-state index in [2.05, 4.69) is 13.8 Å². The Morgan fingerprint density at radius 1 is 1.06 bits per heavy atom. The largest absolute Gasteiger partial charge is 0.277 e. The van der Waals surface area contributed by atoms with Gasteiger partial charge in [0.1, 0.15) is 0 Å². The number of benzene rings is 2. The fourth-order valence-electron chi connectivity index (χ4n) is 1.94. The van der Waals surface area contributed by atoms with Crippen molar-refractivity contribution in [1.29, 1.82) is 0 Å². The highest BCUT2D eigenvalue weighted by atomic mass is 16.6. The van der Waals surface area contributed by atoms with Crippen molar-refractivity contribution in [3.8, 4) is 11.1 Å². The van der Waals surface area contributed by atoms with Crippen molar-refractivity contribution in [3.63, 3.8) is 0 Å². The van der Waals surface area contributed by atoms with E-state index in [0.29, 0.717) is 11.5 Å². The van der Waals surface area contributed by atoms with E-state index in [-0.39, 0.29) is 10.6 Å². The Morgan fingerprint density at radius 2 is 1.78 bits per heavy atom. The summed E-state index contributed by atoms with van der Waals surface area (Å²) in [6.07, 6.45) is 0. The number of para-hydroxylation sites is 1. The van der Waals surface area contributed by atoms with Gasteiger partial charge in [0.2, 0.25) is 0 Å². The van der Waals surface area contributed by atoms with E-state index >= 15 is 0 Å². The van der Waals surface area contributed by atoms with Crippen LogP contribution in [0.2, 0.25) is 0 Å². The van der Waals surface area contributed by atoms with Gasteiger partial charge in [0.25, 0.3) is 5.69 Å². The lowest BCUT2D eigenvalue weighted by Gasteiger charge is -2.08. The maximum atomic E-state index is 11.0. The van der Waals surface area contributed by atoms with Gasteiger partial charge in [0, 0.05) is 6.07 Å². The van der Waals surface area contributed by atoms with E-state index in [9.17, 15) is 10.1 Å². The minimum absolute atomic E-state index is 0.151. The zero-order valence-corrected chi connectivity index (χ0v) is 10.5. The Bertz CT molecular complexity index is 576. The number of hydrogen-bond donors (Lipinski definition) is 0. The second kappa shape index (κ2) is 5.00. The minimum Gasteiger partial charge on any atom is -0.258 e. The first-order valence-electron chi connectivity index (χ1n) is 5.93. The molecule has 0 atom stereocenters. The molecule has 3 heteroatoms. The molecule has 18 heavy (non-hydrogen) atoms. The molecule has 92 valence electrons. The van der Waals surface area contributed by atoms with Crippen molar-refractivity contribution in [3.05, 3.63) is 64.2 Å². The fourth-order valence-corrected chi connectivity index (χ4v) is 1.94. The van der Waals surface area contributed by atoms with Gasteiger partial charge in [-0.05, 0) is 23.1 Å². The third-order valence-corrected chi connectivity index (χ3v) is 2.97. The lowest BCUT2D eigenvalue weighted by molar-refractivity contribution is -0.384. The average molecular weight is 241 g/mol. The maximum Gasteiger partial charge on any atom is 0.277 e. The molecule has 2 aromatic rings. The second-order valence-corrected chi connectivity index (χ2v) is 4.55. The number of nitro benzene ring substituents is 1. The molecule has 0 aromatic heterocycles. The third-order valence-electron chi connectivity index (χ3n) is 2.97. The summed E-state index contributed by atoms with van der Waals surface area (Å²) >= 11 is 0.